The van der Waals surface area contributed by atoms with Gasteiger partial charge in [0.05, 0.1) is 6.61 Å². The Hall–Kier alpha value is -1.29. The standard InChI is InChI=1S/C12H18FNO2/c1-2-3-4-15-5-6-16-12-8-10(13)7-11(14)9-12/h7-9H,2-6,14H2,1H3. The Morgan fingerprint density at radius 1 is 1.19 bits per heavy atom. The first-order chi connectivity index (χ1) is 7.72. The molecule has 0 spiro atoms. The van der Waals surface area contributed by atoms with E-state index in [2.05, 4.69) is 6.92 Å². The molecule has 0 aliphatic heterocycles. The van der Waals surface area contributed by atoms with Crippen molar-refractivity contribution in [3.05, 3.63) is 24.0 Å². The maximum Gasteiger partial charge on any atom is 0.128 e. The summed E-state index contributed by atoms with van der Waals surface area (Å²) in [5, 5.41) is 0. The van der Waals surface area contributed by atoms with E-state index in [1.807, 2.05) is 0 Å². The van der Waals surface area contributed by atoms with Crippen LogP contribution in [-0.4, -0.2) is 19.8 Å². The summed E-state index contributed by atoms with van der Waals surface area (Å²) in [7, 11) is 0. The molecule has 3 nitrogen and oxygen atoms in total. The zero-order chi connectivity index (χ0) is 11.8. The van der Waals surface area contributed by atoms with E-state index in [1.165, 1.54) is 12.1 Å². The van der Waals surface area contributed by atoms with Crippen LogP contribution in [0.3, 0.4) is 0 Å². The lowest BCUT2D eigenvalue weighted by atomic mass is 10.3. The van der Waals surface area contributed by atoms with Gasteiger partial charge in [-0.2, -0.15) is 0 Å². The molecular formula is C12H18FNO2. The average molecular weight is 227 g/mol. The fourth-order valence-electron chi connectivity index (χ4n) is 1.23. The molecule has 1 rings (SSSR count). The fraction of sp³-hybridized carbons (Fsp3) is 0.500. The zero-order valence-electron chi connectivity index (χ0n) is 9.54. The van der Waals surface area contributed by atoms with Crippen molar-refractivity contribution in [2.24, 2.45) is 0 Å². The molecule has 1 aromatic carbocycles. The third-order valence-corrected chi connectivity index (χ3v) is 2.03. The predicted octanol–water partition coefficient (Wildman–Crippen LogP) is 2.60. The van der Waals surface area contributed by atoms with Crippen LogP contribution in [0, 0.1) is 5.82 Å². The van der Waals surface area contributed by atoms with Gasteiger partial charge in [-0.05, 0) is 12.5 Å². The molecule has 4 heteroatoms. The highest BCUT2D eigenvalue weighted by Gasteiger charge is 1.99. The van der Waals surface area contributed by atoms with Crippen LogP contribution in [-0.2, 0) is 4.74 Å². The molecule has 0 aromatic heterocycles. The second-order valence-corrected chi connectivity index (χ2v) is 3.53. The minimum Gasteiger partial charge on any atom is -0.491 e. The Morgan fingerprint density at radius 3 is 2.69 bits per heavy atom. The quantitative estimate of drug-likeness (QED) is 0.575. The normalized spacial score (nSPS) is 10.4. The van der Waals surface area contributed by atoms with Crippen molar-refractivity contribution >= 4 is 5.69 Å². The van der Waals surface area contributed by atoms with E-state index in [4.69, 9.17) is 15.2 Å². The van der Waals surface area contributed by atoms with Gasteiger partial charge in [-0.1, -0.05) is 13.3 Å². The molecule has 0 aliphatic rings. The highest BCUT2D eigenvalue weighted by Crippen LogP contribution is 2.17. The van der Waals surface area contributed by atoms with Crippen LogP contribution in [0.25, 0.3) is 0 Å². The maximum atomic E-state index is 12.9. The number of rotatable bonds is 7. The van der Waals surface area contributed by atoms with E-state index in [-0.39, 0.29) is 5.82 Å². The van der Waals surface area contributed by atoms with Crippen LogP contribution < -0.4 is 10.5 Å². The predicted molar refractivity (Wildman–Crippen MR) is 62.0 cm³/mol. The largest absolute Gasteiger partial charge is 0.491 e. The summed E-state index contributed by atoms with van der Waals surface area (Å²) in [6, 6.07) is 4.15. The number of nitrogen functional groups attached to an aromatic ring is 1. The number of hydrogen-bond acceptors (Lipinski definition) is 3. The van der Waals surface area contributed by atoms with E-state index in [9.17, 15) is 4.39 Å². The van der Waals surface area contributed by atoms with Gasteiger partial charge >= 0.3 is 0 Å². The molecule has 0 fully saturated rings. The van der Waals surface area contributed by atoms with Crippen molar-refractivity contribution in [3.8, 4) is 5.75 Å². The molecule has 0 saturated heterocycles. The molecule has 0 radical (unpaired) electrons. The van der Waals surface area contributed by atoms with E-state index in [1.54, 1.807) is 6.07 Å². The fourth-order valence-corrected chi connectivity index (χ4v) is 1.23. The van der Waals surface area contributed by atoms with Crippen LogP contribution in [0.2, 0.25) is 0 Å². The van der Waals surface area contributed by atoms with Gasteiger partial charge in [-0.15, -0.1) is 0 Å². The van der Waals surface area contributed by atoms with Crippen LogP contribution in [0.1, 0.15) is 19.8 Å². The number of benzene rings is 1. The molecule has 0 atom stereocenters. The first kappa shape index (κ1) is 12.8. The van der Waals surface area contributed by atoms with Crippen molar-refractivity contribution in [2.45, 2.75) is 19.8 Å². The van der Waals surface area contributed by atoms with Crippen LogP contribution in [0.5, 0.6) is 5.75 Å². The Balaban J connectivity index is 2.21. The van der Waals surface area contributed by atoms with Crippen molar-refractivity contribution in [1.82, 2.24) is 0 Å². The first-order valence-corrected chi connectivity index (χ1v) is 5.49. The lowest BCUT2D eigenvalue weighted by Gasteiger charge is -2.07. The van der Waals surface area contributed by atoms with Gasteiger partial charge in [0.1, 0.15) is 18.2 Å². The second kappa shape index (κ2) is 7.06. The molecule has 2 N–H and O–H groups in total. The van der Waals surface area contributed by atoms with Gasteiger partial charge in [-0.25, -0.2) is 4.39 Å². The van der Waals surface area contributed by atoms with Crippen molar-refractivity contribution in [3.63, 3.8) is 0 Å². The van der Waals surface area contributed by atoms with E-state index < -0.39 is 0 Å². The average Bonchev–Trinajstić information content (AvgIpc) is 2.22. The van der Waals surface area contributed by atoms with E-state index >= 15 is 0 Å². The number of anilines is 1. The number of ether oxygens (including phenoxy) is 2. The molecule has 1 aromatic rings. The highest BCUT2D eigenvalue weighted by molar-refractivity contribution is 5.44. The summed E-state index contributed by atoms with van der Waals surface area (Å²) in [5.41, 5.74) is 5.84. The molecule has 0 amide bonds. The summed E-state index contributed by atoms with van der Waals surface area (Å²) >= 11 is 0. The molecule has 16 heavy (non-hydrogen) atoms. The number of unbranched alkanes of at least 4 members (excludes halogenated alkanes) is 1. The van der Waals surface area contributed by atoms with Gasteiger partial charge in [-0.3, -0.25) is 0 Å². The zero-order valence-corrected chi connectivity index (χ0v) is 9.54. The second-order valence-electron chi connectivity index (χ2n) is 3.53. The molecular weight excluding hydrogens is 209 g/mol. The first-order valence-electron chi connectivity index (χ1n) is 5.49. The van der Waals surface area contributed by atoms with E-state index in [0.717, 1.165) is 19.4 Å². The Labute approximate surface area is 95.4 Å². The summed E-state index contributed by atoms with van der Waals surface area (Å²) in [6.07, 6.45) is 2.16. The SMILES string of the molecule is CCCCOCCOc1cc(N)cc(F)c1. The van der Waals surface area contributed by atoms with Crippen molar-refractivity contribution in [1.29, 1.82) is 0 Å². The van der Waals surface area contributed by atoms with Gasteiger partial charge in [0, 0.05) is 24.4 Å². The van der Waals surface area contributed by atoms with Crippen LogP contribution >= 0.6 is 0 Å². The third kappa shape index (κ3) is 4.98. The number of halogens is 1. The van der Waals surface area contributed by atoms with Crippen LogP contribution in [0.4, 0.5) is 10.1 Å². The summed E-state index contributed by atoms with van der Waals surface area (Å²) in [4.78, 5) is 0. The smallest absolute Gasteiger partial charge is 0.128 e. The highest BCUT2D eigenvalue weighted by atomic mass is 19.1. The monoisotopic (exact) mass is 227 g/mol. The minimum absolute atomic E-state index is 0.363. The molecule has 0 heterocycles. The molecule has 0 unspecified atom stereocenters. The van der Waals surface area contributed by atoms with Gasteiger partial charge in [0.15, 0.2) is 0 Å². The lowest BCUT2D eigenvalue weighted by Crippen LogP contribution is -2.07. The summed E-state index contributed by atoms with van der Waals surface area (Å²) in [5.74, 6) is 0.0542. The van der Waals surface area contributed by atoms with Gasteiger partial charge in [0.25, 0.3) is 0 Å². The Morgan fingerprint density at radius 2 is 2.00 bits per heavy atom. The molecule has 0 bridgehead atoms. The third-order valence-electron chi connectivity index (χ3n) is 2.03. The number of hydrogen-bond donors (Lipinski definition) is 1. The van der Waals surface area contributed by atoms with Crippen molar-refractivity contribution in [2.75, 3.05) is 25.6 Å². The van der Waals surface area contributed by atoms with Crippen molar-refractivity contribution < 1.29 is 13.9 Å². The lowest BCUT2D eigenvalue weighted by molar-refractivity contribution is 0.0980. The summed E-state index contributed by atoms with van der Waals surface area (Å²) < 4.78 is 23.5. The van der Waals surface area contributed by atoms with Crippen LogP contribution in [0.15, 0.2) is 18.2 Å². The number of nitrogens with two attached hydrogens (primary N) is 1. The summed E-state index contributed by atoms with van der Waals surface area (Å²) in [6.45, 7) is 3.77. The molecule has 0 saturated carbocycles. The molecule has 90 valence electrons. The molecule has 0 aliphatic carbocycles. The minimum atomic E-state index is -0.387. The Bertz CT molecular complexity index is 298. The maximum absolute atomic E-state index is 12.9. The van der Waals surface area contributed by atoms with Gasteiger partial charge < -0.3 is 15.2 Å². The van der Waals surface area contributed by atoms with E-state index in [0.29, 0.717) is 24.7 Å². The Kier molecular flexibility index (Phi) is 5.64. The topological polar surface area (TPSA) is 44.5 Å². The van der Waals surface area contributed by atoms with Gasteiger partial charge in [0.2, 0.25) is 0 Å².